The Kier molecular flexibility index (Phi) is 3.61. The summed E-state index contributed by atoms with van der Waals surface area (Å²) >= 11 is 0. The summed E-state index contributed by atoms with van der Waals surface area (Å²) in [6.45, 7) is 3.18. The molecule has 1 N–H and O–H groups in total. The lowest BCUT2D eigenvalue weighted by atomic mass is 10.3. The number of hydrogen-bond acceptors (Lipinski definition) is 2. The first kappa shape index (κ1) is 9.07. The largest absolute Gasteiger partial charge is 0.312 e. The topological polar surface area (TPSA) is 15.3 Å². The second-order valence-electron chi connectivity index (χ2n) is 2.80. The summed E-state index contributed by atoms with van der Waals surface area (Å²) in [6.07, 6.45) is 1.15. The van der Waals surface area contributed by atoms with E-state index in [1.165, 1.54) is 5.69 Å². The van der Waals surface area contributed by atoms with E-state index in [2.05, 4.69) is 24.5 Å². The summed E-state index contributed by atoms with van der Waals surface area (Å²) in [6, 6.07) is 10.3. The van der Waals surface area contributed by atoms with E-state index < -0.39 is 0 Å². The van der Waals surface area contributed by atoms with Crippen molar-refractivity contribution in [2.45, 2.75) is 13.3 Å². The van der Waals surface area contributed by atoms with Gasteiger partial charge in [-0.2, -0.15) is 0 Å². The molecule has 0 radical (unpaired) electrons. The average Bonchev–Trinajstić information content (AvgIpc) is 2.15. The monoisotopic (exact) mass is 164 g/mol. The molecule has 1 aromatic rings. The molecule has 0 fully saturated rings. The Morgan fingerprint density at radius 3 is 2.50 bits per heavy atom. The molecule has 66 valence electrons. The summed E-state index contributed by atoms with van der Waals surface area (Å²) in [5.41, 5.74) is 4.48. The predicted molar refractivity (Wildman–Crippen MR) is 53.1 cm³/mol. The van der Waals surface area contributed by atoms with Gasteiger partial charge in [-0.05, 0) is 18.6 Å². The van der Waals surface area contributed by atoms with Crippen LogP contribution in [0.25, 0.3) is 0 Å². The SMILES string of the molecule is CCCNN(C)c1ccccc1. The molecule has 0 spiro atoms. The van der Waals surface area contributed by atoms with E-state index in [0.717, 1.165) is 13.0 Å². The number of rotatable bonds is 4. The van der Waals surface area contributed by atoms with E-state index >= 15 is 0 Å². The fraction of sp³-hybridized carbons (Fsp3) is 0.400. The van der Waals surface area contributed by atoms with Gasteiger partial charge >= 0.3 is 0 Å². The van der Waals surface area contributed by atoms with Crippen molar-refractivity contribution in [1.82, 2.24) is 5.43 Å². The van der Waals surface area contributed by atoms with E-state index in [0.29, 0.717) is 0 Å². The molecule has 0 saturated heterocycles. The Morgan fingerprint density at radius 2 is 1.92 bits per heavy atom. The Bertz CT molecular complexity index is 208. The number of anilines is 1. The molecule has 0 aliphatic rings. The number of nitrogens with zero attached hydrogens (tertiary/aromatic N) is 1. The molecule has 0 unspecified atom stereocenters. The van der Waals surface area contributed by atoms with E-state index in [9.17, 15) is 0 Å². The molecule has 0 saturated carbocycles. The van der Waals surface area contributed by atoms with Gasteiger partial charge in [-0.15, -0.1) is 0 Å². The average molecular weight is 164 g/mol. The number of hydrazine groups is 1. The molecule has 0 aliphatic heterocycles. The van der Waals surface area contributed by atoms with Gasteiger partial charge in [0, 0.05) is 13.6 Å². The Labute approximate surface area is 74.2 Å². The van der Waals surface area contributed by atoms with Crippen LogP contribution in [-0.4, -0.2) is 13.6 Å². The van der Waals surface area contributed by atoms with E-state index in [-0.39, 0.29) is 0 Å². The maximum atomic E-state index is 3.28. The highest BCUT2D eigenvalue weighted by atomic mass is 15.5. The van der Waals surface area contributed by atoms with Crippen molar-refractivity contribution in [3.05, 3.63) is 30.3 Å². The van der Waals surface area contributed by atoms with Gasteiger partial charge in [-0.25, -0.2) is 5.43 Å². The molecule has 0 aliphatic carbocycles. The summed E-state index contributed by atoms with van der Waals surface area (Å²) in [4.78, 5) is 0. The minimum Gasteiger partial charge on any atom is -0.312 e. The fourth-order valence-electron chi connectivity index (χ4n) is 1.02. The van der Waals surface area contributed by atoms with Gasteiger partial charge in [-0.3, -0.25) is 0 Å². The van der Waals surface area contributed by atoms with Crippen molar-refractivity contribution in [1.29, 1.82) is 0 Å². The Morgan fingerprint density at radius 1 is 1.25 bits per heavy atom. The zero-order valence-electron chi connectivity index (χ0n) is 7.75. The highest BCUT2D eigenvalue weighted by Gasteiger charge is 1.95. The van der Waals surface area contributed by atoms with Crippen LogP contribution in [0.1, 0.15) is 13.3 Å². The smallest absolute Gasteiger partial charge is 0.0516 e. The molecule has 0 aromatic heterocycles. The van der Waals surface area contributed by atoms with Gasteiger partial charge in [-0.1, -0.05) is 25.1 Å². The van der Waals surface area contributed by atoms with Gasteiger partial charge in [0.05, 0.1) is 5.69 Å². The minimum atomic E-state index is 1.02. The van der Waals surface area contributed by atoms with Crippen molar-refractivity contribution >= 4 is 5.69 Å². The maximum Gasteiger partial charge on any atom is 0.0516 e. The van der Waals surface area contributed by atoms with Crippen molar-refractivity contribution in [3.8, 4) is 0 Å². The van der Waals surface area contributed by atoms with Crippen LogP contribution in [0.4, 0.5) is 5.69 Å². The first-order valence-corrected chi connectivity index (χ1v) is 4.37. The number of benzene rings is 1. The van der Waals surface area contributed by atoms with Crippen LogP contribution in [-0.2, 0) is 0 Å². The molecule has 12 heavy (non-hydrogen) atoms. The normalized spacial score (nSPS) is 9.83. The standard InChI is InChI=1S/C10H16N2/c1-3-9-11-12(2)10-7-5-4-6-8-10/h4-8,11H,3,9H2,1-2H3. The van der Waals surface area contributed by atoms with Crippen LogP contribution in [0, 0.1) is 0 Å². The van der Waals surface area contributed by atoms with Crippen molar-refractivity contribution in [3.63, 3.8) is 0 Å². The maximum absolute atomic E-state index is 3.28. The van der Waals surface area contributed by atoms with Crippen LogP contribution in [0.5, 0.6) is 0 Å². The number of para-hydroxylation sites is 1. The lowest BCUT2D eigenvalue weighted by Gasteiger charge is -2.19. The fourth-order valence-corrected chi connectivity index (χ4v) is 1.02. The molecular formula is C10H16N2. The van der Waals surface area contributed by atoms with Crippen molar-refractivity contribution < 1.29 is 0 Å². The Hall–Kier alpha value is -1.02. The third-order valence-electron chi connectivity index (χ3n) is 1.74. The number of hydrogen-bond donors (Lipinski definition) is 1. The van der Waals surface area contributed by atoms with E-state index in [1.54, 1.807) is 0 Å². The van der Waals surface area contributed by atoms with Crippen LogP contribution in [0.2, 0.25) is 0 Å². The van der Waals surface area contributed by atoms with Gasteiger partial charge in [0.25, 0.3) is 0 Å². The molecular weight excluding hydrogens is 148 g/mol. The molecule has 2 nitrogen and oxygen atoms in total. The van der Waals surface area contributed by atoms with Crippen LogP contribution in [0.15, 0.2) is 30.3 Å². The molecule has 1 rings (SSSR count). The van der Waals surface area contributed by atoms with E-state index in [4.69, 9.17) is 0 Å². The van der Waals surface area contributed by atoms with Crippen molar-refractivity contribution in [2.75, 3.05) is 18.6 Å². The quantitative estimate of drug-likeness (QED) is 0.685. The van der Waals surface area contributed by atoms with Gasteiger partial charge in [0.2, 0.25) is 0 Å². The molecule has 0 amide bonds. The summed E-state index contributed by atoms with van der Waals surface area (Å²) in [7, 11) is 2.03. The summed E-state index contributed by atoms with van der Waals surface area (Å²) in [5, 5.41) is 2.05. The van der Waals surface area contributed by atoms with Crippen LogP contribution < -0.4 is 10.4 Å². The molecule has 2 heteroatoms. The zero-order chi connectivity index (χ0) is 8.81. The molecule has 0 bridgehead atoms. The third-order valence-corrected chi connectivity index (χ3v) is 1.74. The molecule has 0 atom stereocenters. The second kappa shape index (κ2) is 4.78. The summed E-state index contributed by atoms with van der Waals surface area (Å²) < 4.78 is 0. The Balaban J connectivity index is 2.48. The van der Waals surface area contributed by atoms with Crippen LogP contribution >= 0.6 is 0 Å². The zero-order valence-corrected chi connectivity index (χ0v) is 7.75. The highest BCUT2D eigenvalue weighted by Crippen LogP contribution is 2.07. The van der Waals surface area contributed by atoms with Gasteiger partial charge in [0.15, 0.2) is 0 Å². The van der Waals surface area contributed by atoms with E-state index in [1.807, 2.05) is 30.3 Å². The third kappa shape index (κ3) is 2.55. The van der Waals surface area contributed by atoms with Gasteiger partial charge < -0.3 is 5.01 Å². The first-order valence-electron chi connectivity index (χ1n) is 4.37. The van der Waals surface area contributed by atoms with Crippen molar-refractivity contribution in [2.24, 2.45) is 0 Å². The molecule has 0 heterocycles. The second-order valence-corrected chi connectivity index (χ2v) is 2.80. The predicted octanol–water partition coefficient (Wildman–Crippen LogP) is 2.04. The number of nitrogens with one attached hydrogen (secondary N) is 1. The minimum absolute atomic E-state index is 1.02. The van der Waals surface area contributed by atoms with Gasteiger partial charge in [0.1, 0.15) is 0 Å². The first-order chi connectivity index (χ1) is 5.84. The highest BCUT2D eigenvalue weighted by molar-refractivity contribution is 5.43. The van der Waals surface area contributed by atoms with Crippen LogP contribution in [0.3, 0.4) is 0 Å². The molecule has 1 aromatic carbocycles. The summed E-state index contributed by atoms with van der Waals surface area (Å²) in [5.74, 6) is 0. The lowest BCUT2D eigenvalue weighted by molar-refractivity contribution is 0.663. The lowest BCUT2D eigenvalue weighted by Crippen LogP contribution is -2.34.